The zero-order chi connectivity index (χ0) is 9.97. The number of rotatable bonds is 1. The molecule has 0 aromatic heterocycles. The maximum absolute atomic E-state index is 12.0. The maximum atomic E-state index is 12.0. The Morgan fingerprint density at radius 1 is 1.64 bits per heavy atom. The van der Waals surface area contributed by atoms with Crippen molar-refractivity contribution in [1.29, 1.82) is 0 Å². The first kappa shape index (κ1) is 9.71. The number of hydrogen-bond acceptors (Lipinski definition) is 2. The van der Waals surface area contributed by atoms with Crippen LogP contribution in [-0.4, -0.2) is 37.1 Å². The number of amides is 1. The highest BCUT2D eigenvalue weighted by Crippen LogP contribution is 2.18. The van der Waals surface area contributed by atoms with Crippen LogP contribution in [0.4, 0.5) is 0 Å². The molecule has 1 atom stereocenters. The molecule has 2 rings (SSSR count). The summed E-state index contributed by atoms with van der Waals surface area (Å²) in [6, 6.07) is 0. The average molecular weight is 195 g/mol. The zero-order valence-electron chi connectivity index (χ0n) is 8.66. The molecular formula is C11H17NO2. The van der Waals surface area contributed by atoms with Crippen LogP contribution in [0.3, 0.4) is 0 Å². The SMILES string of the molecule is CC1=CCCN(C(=O)C2CCOC2)C1. The Hall–Kier alpha value is -0.830. The summed E-state index contributed by atoms with van der Waals surface area (Å²) in [5, 5.41) is 0. The molecule has 0 saturated carbocycles. The van der Waals surface area contributed by atoms with Crippen molar-refractivity contribution in [2.45, 2.75) is 19.8 Å². The van der Waals surface area contributed by atoms with E-state index in [1.54, 1.807) is 0 Å². The van der Waals surface area contributed by atoms with E-state index < -0.39 is 0 Å². The molecule has 14 heavy (non-hydrogen) atoms. The van der Waals surface area contributed by atoms with Crippen molar-refractivity contribution in [1.82, 2.24) is 4.90 Å². The van der Waals surface area contributed by atoms with Gasteiger partial charge in [-0.1, -0.05) is 11.6 Å². The molecule has 3 nitrogen and oxygen atoms in total. The molecule has 1 amide bonds. The number of hydrogen-bond donors (Lipinski definition) is 0. The molecule has 0 radical (unpaired) electrons. The maximum Gasteiger partial charge on any atom is 0.228 e. The minimum absolute atomic E-state index is 0.126. The fraction of sp³-hybridized carbons (Fsp3) is 0.727. The van der Waals surface area contributed by atoms with Crippen LogP contribution in [0, 0.1) is 5.92 Å². The standard InChI is InChI=1S/C11H17NO2/c1-9-3-2-5-12(7-9)11(13)10-4-6-14-8-10/h3,10H,2,4-8H2,1H3. The lowest BCUT2D eigenvalue weighted by Gasteiger charge is -2.28. The number of carbonyl (C=O) groups is 1. The van der Waals surface area contributed by atoms with Crippen molar-refractivity contribution >= 4 is 5.91 Å². The number of ether oxygens (including phenoxy) is 1. The van der Waals surface area contributed by atoms with Crippen LogP contribution in [0.5, 0.6) is 0 Å². The molecule has 1 saturated heterocycles. The summed E-state index contributed by atoms with van der Waals surface area (Å²) in [5.74, 6) is 0.413. The van der Waals surface area contributed by atoms with Crippen molar-refractivity contribution in [3.8, 4) is 0 Å². The Kier molecular flexibility index (Phi) is 2.87. The van der Waals surface area contributed by atoms with Crippen LogP contribution in [0.2, 0.25) is 0 Å². The van der Waals surface area contributed by atoms with Crippen LogP contribution < -0.4 is 0 Å². The fourth-order valence-corrected chi connectivity index (χ4v) is 2.09. The fourth-order valence-electron chi connectivity index (χ4n) is 2.09. The molecule has 2 aliphatic heterocycles. The predicted octanol–water partition coefficient (Wildman–Crippen LogP) is 1.20. The van der Waals surface area contributed by atoms with E-state index in [2.05, 4.69) is 13.0 Å². The van der Waals surface area contributed by atoms with Gasteiger partial charge in [-0.25, -0.2) is 0 Å². The molecule has 2 aliphatic rings. The predicted molar refractivity (Wildman–Crippen MR) is 53.9 cm³/mol. The van der Waals surface area contributed by atoms with Crippen LogP contribution in [-0.2, 0) is 9.53 Å². The van der Waals surface area contributed by atoms with Crippen LogP contribution >= 0.6 is 0 Å². The molecule has 0 aliphatic carbocycles. The first-order chi connectivity index (χ1) is 6.77. The minimum atomic E-state index is 0.126. The van der Waals surface area contributed by atoms with Crippen molar-refractivity contribution in [2.75, 3.05) is 26.3 Å². The second-order valence-electron chi connectivity index (χ2n) is 4.16. The summed E-state index contributed by atoms with van der Waals surface area (Å²) in [7, 11) is 0. The van der Waals surface area contributed by atoms with Gasteiger partial charge in [-0.15, -0.1) is 0 Å². The van der Waals surface area contributed by atoms with E-state index >= 15 is 0 Å². The van der Waals surface area contributed by atoms with Crippen LogP contribution in [0.25, 0.3) is 0 Å². The summed E-state index contributed by atoms with van der Waals surface area (Å²) in [4.78, 5) is 13.9. The van der Waals surface area contributed by atoms with Gasteiger partial charge in [0.1, 0.15) is 0 Å². The lowest BCUT2D eigenvalue weighted by Crippen LogP contribution is -2.39. The van der Waals surface area contributed by atoms with Crippen LogP contribution in [0.15, 0.2) is 11.6 Å². The topological polar surface area (TPSA) is 29.5 Å². The van der Waals surface area contributed by atoms with Gasteiger partial charge in [0.25, 0.3) is 0 Å². The van der Waals surface area contributed by atoms with E-state index in [0.717, 1.165) is 32.5 Å². The summed E-state index contributed by atoms with van der Waals surface area (Å²) < 4.78 is 5.23. The Morgan fingerprint density at radius 2 is 2.50 bits per heavy atom. The van der Waals surface area contributed by atoms with Crippen molar-refractivity contribution in [3.63, 3.8) is 0 Å². The molecule has 1 fully saturated rings. The van der Waals surface area contributed by atoms with Crippen molar-refractivity contribution in [2.24, 2.45) is 5.92 Å². The van der Waals surface area contributed by atoms with Gasteiger partial charge in [0.05, 0.1) is 12.5 Å². The van der Waals surface area contributed by atoms with E-state index in [1.165, 1.54) is 5.57 Å². The largest absolute Gasteiger partial charge is 0.381 e. The molecular weight excluding hydrogens is 178 g/mol. The number of carbonyl (C=O) groups excluding carboxylic acids is 1. The second kappa shape index (κ2) is 4.13. The van der Waals surface area contributed by atoms with Crippen LogP contribution in [0.1, 0.15) is 19.8 Å². The second-order valence-corrected chi connectivity index (χ2v) is 4.16. The van der Waals surface area contributed by atoms with Gasteiger partial charge in [0, 0.05) is 19.7 Å². The molecule has 1 unspecified atom stereocenters. The molecule has 0 aromatic rings. The molecule has 0 bridgehead atoms. The third-order valence-corrected chi connectivity index (χ3v) is 2.92. The van der Waals surface area contributed by atoms with E-state index in [-0.39, 0.29) is 11.8 Å². The normalized spacial score (nSPS) is 27.6. The minimum Gasteiger partial charge on any atom is -0.381 e. The lowest BCUT2D eigenvalue weighted by molar-refractivity contribution is -0.135. The summed E-state index contributed by atoms with van der Waals surface area (Å²) >= 11 is 0. The summed E-state index contributed by atoms with van der Waals surface area (Å²) in [6.07, 6.45) is 4.12. The average Bonchev–Trinajstić information content (AvgIpc) is 2.69. The monoisotopic (exact) mass is 195 g/mol. The quantitative estimate of drug-likeness (QED) is 0.588. The zero-order valence-corrected chi connectivity index (χ0v) is 8.66. The van der Waals surface area contributed by atoms with Gasteiger partial charge in [-0.3, -0.25) is 4.79 Å². The van der Waals surface area contributed by atoms with E-state index in [1.807, 2.05) is 4.90 Å². The Labute approximate surface area is 84.7 Å². The van der Waals surface area contributed by atoms with Gasteiger partial charge in [-0.05, 0) is 19.8 Å². The smallest absolute Gasteiger partial charge is 0.228 e. The van der Waals surface area contributed by atoms with Gasteiger partial charge in [0.2, 0.25) is 5.91 Å². The Balaban J connectivity index is 1.94. The lowest BCUT2D eigenvalue weighted by atomic mass is 10.0. The van der Waals surface area contributed by atoms with E-state index in [0.29, 0.717) is 6.61 Å². The highest BCUT2D eigenvalue weighted by Gasteiger charge is 2.28. The summed E-state index contributed by atoms with van der Waals surface area (Å²) in [5.41, 5.74) is 1.31. The summed E-state index contributed by atoms with van der Waals surface area (Å²) in [6.45, 7) is 5.16. The molecule has 0 aromatic carbocycles. The van der Waals surface area contributed by atoms with E-state index in [4.69, 9.17) is 4.74 Å². The highest BCUT2D eigenvalue weighted by molar-refractivity contribution is 5.79. The number of nitrogens with zero attached hydrogens (tertiary/aromatic N) is 1. The molecule has 78 valence electrons. The molecule has 2 heterocycles. The first-order valence-electron chi connectivity index (χ1n) is 5.29. The molecule has 0 spiro atoms. The third kappa shape index (κ3) is 1.98. The molecule has 3 heteroatoms. The van der Waals surface area contributed by atoms with E-state index in [9.17, 15) is 4.79 Å². The van der Waals surface area contributed by atoms with Crippen molar-refractivity contribution < 1.29 is 9.53 Å². The van der Waals surface area contributed by atoms with Gasteiger partial charge in [-0.2, -0.15) is 0 Å². The van der Waals surface area contributed by atoms with Gasteiger partial charge < -0.3 is 9.64 Å². The van der Waals surface area contributed by atoms with Gasteiger partial charge >= 0.3 is 0 Å². The molecule has 0 N–H and O–H groups in total. The van der Waals surface area contributed by atoms with Gasteiger partial charge in [0.15, 0.2) is 0 Å². The Morgan fingerprint density at radius 3 is 3.14 bits per heavy atom. The first-order valence-corrected chi connectivity index (χ1v) is 5.29. The third-order valence-electron chi connectivity index (χ3n) is 2.92. The Bertz CT molecular complexity index is 254. The van der Waals surface area contributed by atoms with Crippen molar-refractivity contribution in [3.05, 3.63) is 11.6 Å². The highest BCUT2D eigenvalue weighted by atomic mass is 16.5.